The summed E-state index contributed by atoms with van der Waals surface area (Å²) < 4.78 is 5.26. The van der Waals surface area contributed by atoms with Crippen molar-refractivity contribution >= 4 is 5.69 Å². The molecule has 1 aliphatic rings. The fraction of sp³-hybridized carbons (Fsp3) is 0.385. The van der Waals surface area contributed by atoms with Crippen molar-refractivity contribution in [3.63, 3.8) is 0 Å². The fourth-order valence-corrected chi connectivity index (χ4v) is 2.03. The summed E-state index contributed by atoms with van der Waals surface area (Å²) in [6, 6.07) is 7.51. The summed E-state index contributed by atoms with van der Waals surface area (Å²) in [6.45, 7) is 0. The van der Waals surface area contributed by atoms with Crippen molar-refractivity contribution in [3.8, 4) is 11.4 Å². The minimum atomic E-state index is 0.652. The molecule has 1 aromatic heterocycles. The van der Waals surface area contributed by atoms with Crippen LogP contribution < -0.4 is 5.73 Å². The van der Waals surface area contributed by atoms with E-state index in [-0.39, 0.29) is 0 Å². The van der Waals surface area contributed by atoms with Gasteiger partial charge >= 0.3 is 0 Å². The first-order valence-corrected chi connectivity index (χ1v) is 6.00. The molecule has 3 rings (SSSR count). The van der Waals surface area contributed by atoms with Crippen LogP contribution in [0.4, 0.5) is 5.69 Å². The molecular formula is C13H15N3O. The van der Waals surface area contributed by atoms with Crippen LogP contribution in [0, 0.1) is 5.92 Å². The van der Waals surface area contributed by atoms with E-state index in [4.69, 9.17) is 10.3 Å². The molecule has 17 heavy (non-hydrogen) atoms. The molecule has 0 saturated heterocycles. The second-order valence-electron chi connectivity index (χ2n) is 4.63. The first-order valence-electron chi connectivity index (χ1n) is 6.00. The highest BCUT2D eigenvalue weighted by Gasteiger charge is 2.21. The lowest BCUT2D eigenvalue weighted by Gasteiger charge is -2.23. The van der Waals surface area contributed by atoms with Crippen molar-refractivity contribution in [2.75, 3.05) is 5.73 Å². The lowest BCUT2D eigenvalue weighted by atomic mass is 9.83. The molecule has 4 heteroatoms. The van der Waals surface area contributed by atoms with Gasteiger partial charge in [0.05, 0.1) is 0 Å². The number of nitrogen functional groups attached to an aromatic ring is 1. The Morgan fingerprint density at radius 1 is 1.24 bits per heavy atom. The third kappa shape index (κ3) is 2.16. The molecule has 1 aromatic carbocycles. The third-order valence-electron chi connectivity index (χ3n) is 3.33. The van der Waals surface area contributed by atoms with E-state index in [1.165, 1.54) is 19.3 Å². The monoisotopic (exact) mass is 229 g/mol. The average Bonchev–Trinajstić information content (AvgIpc) is 2.73. The summed E-state index contributed by atoms with van der Waals surface area (Å²) in [7, 11) is 0. The number of hydrogen-bond acceptors (Lipinski definition) is 4. The van der Waals surface area contributed by atoms with E-state index in [9.17, 15) is 0 Å². The first-order chi connectivity index (χ1) is 8.31. The summed E-state index contributed by atoms with van der Waals surface area (Å²) in [4.78, 5) is 4.41. The van der Waals surface area contributed by atoms with Gasteiger partial charge in [-0.15, -0.1) is 0 Å². The predicted octanol–water partition coefficient (Wildman–Crippen LogP) is 2.66. The molecule has 0 atom stereocenters. The molecule has 2 N–H and O–H groups in total. The minimum absolute atomic E-state index is 0.652. The summed E-state index contributed by atoms with van der Waals surface area (Å²) in [5, 5.41) is 4.00. The smallest absolute Gasteiger partial charge is 0.227 e. The van der Waals surface area contributed by atoms with E-state index in [0.717, 1.165) is 29.5 Å². The molecule has 0 amide bonds. The highest BCUT2D eigenvalue weighted by atomic mass is 16.5. The summed E-state index contributed by atoms with van der Waals surface area (Å²) in [5.41, 5.74) is 7.33. The molecule has 2 aromatic rings. The van der Waals surface area contributed by atoms with Gasteiger partial charge in [-0.25, -0.2) is 0 Å². The Morgan fingerprint density at radius 3 is 2.65 bits per heavy atom. The van der Waals surface area contributed by atoms with Gasteiger partial charge in [0.15, 0.2) is 0 Å². The highest BCUT2D eigenvalue weighted by Crippen LogP contribution is 2.29. The topological polar surface area (TPSA) is 64.9 Å². The Bertz CT molecular complexity index is 500. The zero-order chi connectivity index (χ0) is 11.7. The molecule has 88 valence electrons. The maximum Gasteiger partial charge on any atom is 0.227 e. The van der Waals surface area contributed by atoms with Crippen LogP contribution >= 0.6 is 0 Å². The quantitative estimate of drug-likeness (QED) is 0.822. The Kier molecular flexibility index (Phi) is 2.55. The van der Waals surface area contributed by atoms with Gasteiger partial charge in [0.25, 0.3) is 0 Å². The zero-order valence-electron chi connectivity index (χ0n) is 9.60. The Morgan fingerprint density at radius 2 is 2.00 bits per heavy atom. The van der Waals surface area contributed by atoms with Gasteiger partial charge in [-0.1, -0.05) is 11.6 Å². The van der Waals surface area contributed by atoms with E-state index in [1.807, 2.05) is 24.3 Å². The number of anilines is 1. The van der Waals surface area contributed by atoms with E-state index in [0.29, 0.717) is 5.82 Å². The van der Waals surface area contributed by atoms with Crippen LogP contribution in [0.25, 0.3) is 11.4 Å². The molecule has 0 bridgehead atoms. The van der Waals surface area contributed by atoms with Gasteiger partial charge in [0, 0.05) is 17.7 Å². The average molecular weight is 229 g/mol. The van der Waals surface area contributed by atoms with Crippen LogP contribution in [0.1, 0.15) is 25.2 Å². The normalized spacial score (nSPS) is 15.8. The second-order valence-corrected chi connectivity index (χ2v) is 4.63. The fourth-order valence-electron chi connectivity index (χ4n) is 2.03. The van der Waals surface area contributed by atoms with E-state index >= 15 is 0 Å². The molecule has 1 aliphatic carbocycles. The molecule has 1 fully saturated rings. The van der Waals surface area contributed by atoms with Crippen LogP contribution in [0.3, 0.4) is 0 Å². The SMILES string of the molecule is Nc1ccc(-c2noc(CC3CCC3)n2)cc1. The van der Waals surface area contributed by atoms with Crippen LogP contribution in [0.2, 0.25) is 0 Å². The largest absolute Gasteiger partial charge is 0.399 e. The molecule has 0 spiro atoms. The Labute approximate surface area is 99.8 Å². The van der Waals surface area contributed by atoms with E-state index in [1.54, 1.807) is 0 Å². The van der Waals surface area contributed by atoms with Crippen molar-refractivity contribution in [3.05, 3.63) is 30.2 Å². The van der Waals surface area contributed by atoms with Crippen molar-refractivity contribution < 1.29 is 4.52 Å². The van der Waals surface area contributed by atoms with Crippen LogP contribution in [0.5, 0.6) is 0 Å². The molecule has 4 nitrogen and oxygen atoms in total. The number of nitrogens with two attached hydrogens (primary N) is 1. The molecule has 0 radical (unpaired) electrons. The number of benzene rings is 1. The van der Waals surface area contributed by atoms with Gasteiger partial charge in [-0.3, -0.25) is 0 Å². The lowest BCUT2D eigenvalue weighted by molar-refractivity contribution is 0.273. The second kappa shape index (κ2) is 4.20. The maximum absolute atomic E-state index is 5.64. The molecular weight excluding hydrogens is 214 g/mol. The number of nitrogens with zero attached hydrogens (tertiary/aromatic N) is 2. The van der Waals surface area contributed by atoms with Gasteiger partial charge < -0.3 is 10.3 Å². The lowest BCUT2D eigenvalue weighted by Crippen LogP contribution is -2.13. The van der Waals surface area contributed by atoms with E-state index in [2.05, 4.69) is 10.1 Å². The highest BCUT2D eigenvalue weighted by molar-refractivity contribution is 5.57. The standard InChI is InChI=1S/C13H15N3O/c14-11-6-4-10(5-7-11)13-15-12(17-16-13)8-9-2-1-3-9/h4-7,9H,1-3,8,14H2. The van der Waals surface area contributed by atoms with Gasteiger partial charge in [-0.05, 0) is 43.0 Å². The molecule has 1 heterocycles. The number of rotatable bonds is 3. The molecule has 0 aliphatic heterocycles. The van der Waals surface area contributed by atoms with Crippen LogP contribution in [-0.4, -0.2) is 10.1 Å². The van der Waals surface area contributed by atoms with Crippen LogP contribution in [-0.2, 0) is 6.42 Å². The Hall–Kier alpha value is -1.84. The van der Waals surface area contributed by atoms with Crippen molar-refractivity contribution in [2.24, 2.45) is 5.92 Å². The molecule has 1 saturated carbocycles. The van der Waals surface area contributed by atoms with Crippen molar-refractivity contribution in [1.29, 1.82) is 0 Å². The van der Waals surface area contributed by atoms with Crippen molar-refractivity contribution in [2.45, 2.75) is 25.7 Å². The minimum Gasteiger partial charge on any atom is -0.399 e. The van der Waals surface area contributed by atoms with E-state index < -0.39 is 0 Å². The van der Waals surface area contributed by atoms with Gasteiger partial charge in [0.2, 0.25) is 11.7 Å². The third-order valence-corrected chi connectivity index (χ3v) is 3.33. The summed E-state index contributed by atoms with van der Waals surface area (Å²) >= 11 is 0. The predicted molar refractivity (Wildman–Crippen MR) is 65.2 cm³/mol. The molecule has 0 unspecified atom stereocenters. The van der Waals surface area contributed by atoms with Gasteiger partial charge in [-0.2, -0.15) is 4.98 Å². The summed E-state index contributed by atoms with van der Waals surface area (Å²) in [6.07, 6.45) is 4.84. The van der Waals surface area contributed by atoms with Gasteiger partial charge in [0.1, 0.15) is 0 Å². The van der Waals surface area contributed by atoms with Crippen LogP contribution in [0.15, 0.2) is 28.8 Å². The number of aromatic nitrogens is 2. The van der Waals surface area contributed by atoms with Crippen molar-refractivity contribution in [1.82, 2.24) is 10.1 Å². The number of hydrogen-bond donors (Lipinski definition) is 1. The summed E-state index contributed by atoms with van der Waals surface area (Å²) in [5.74, 6) is 2.15. The maximum atomic E-state index is 5.64. The zero-order valence-corrected chi connectivity index (χ0v) is 9.60. The Balaban J connectivity index is 1.76. The first kappa shape index (κ1) is 10.3.